The molecule has 0 heterocycles. The van der Waals surface area contributed by atoms with Crippen LogP contribution in [-0.2, 0) is 19.1 Å². The van der Waals surface area contributed by atoms with Gasteiger partial charge in [0, 0.05) is 5.92 Å². The molecule has 3 amide bonds. The van der Waals surface area contributed by atoms with Crippen LogP contribution in [0.15, 0.2) is 48.5 Å². The van der Waals surface area contributed by atoms with E-state index in [4.69, 9.17) is 9.84 Å². The summed E-state index contributed by atoms with van der Waals surface area (Å²) in [6, 6.07) is 14.7. The molecule has 9 nitrogen and oxygen atoms in total. The van der Waals surface area contributed by atoms with Crippen LogP contribution in [0.4, 0.5) is 4.79 Å². The molecule has 0 fully saturated rings. The van der Waals surface area contributed by atoms with Gasteiger partial charge in [-0.2, -0.15) is 0 Å². The van der Waals surface area contributed by atoms with E-state index in [1.165, 1.54) is 0 Å². The zero-order valence-electron chi connectivity index (χ0n) is 17.8. The van der Waals surface area contributed by atoms with E-state index in [0.29, 0.717) is 6.42 Å². The largest absolute Gasteiger partial charge is 0.474 e. The fourth-order valence-corrected chi connectivity index (χ4v) is 3.73. The van der Waals surface area contributed by atoms with Gasteiger partial charge in [-0.15, -0.1) is 0 Å². The number of carbonyl (C=O) groups is 4. The zero-order chi connectivity index (χ0) is 23.3. The van der Waals surface area contributed by atoms with Crippen molar-refractivity contribution in [1.29, 1.82) is 0 Å². The quantitative estimate of drug-likeness (QED) is 0.403. The fourth-order valence-electron chi connectivity index (χ4n) is 3.73. The first-order valence-corrected chi connectivity index (χ1v) is 10.3. The summed E-state index contributed by atoms with van der Waals surface area (Å²) in [4.78, 5) is 46.8. The van der Waals surface area contributed by atoms with Crippen LogP contribution >= 0.6 is 0 Å². The molecule has 0 spiro atoms. The minimum Gasteiger partial charge on any atom is -0.474 e. The third-order valence-corrected chi connectivity index (χ3v) is 5.61. The Balaban J connectivity index is 1.59. The lowest BCUT2D eigenvalue weighted by atomic mass is 9.98. The van der Waals surface area contributed by atoms with Crippen molar-refractivity contribution in [3.8, 4) is 11.1 Å². The third-order valence-electron chi connectivity index (χ3n) is 5.61. The van der Waals surface area contributed by atoms with Gasteiger partial charge in [0.2, 0.25) is 0 Å². The Morgan fingerprint density at radius 1 is 0.969 bits per heavy atom. The highest BCUT2D eigenvalue weighted by molar-refractivity contribution is 6.32. The second-order valence-electron chi connectivity index (χ2n) is 7.58. The normalized spacial score (nSPS) is 13.8. The van der Waals surface area contributed by atoms with Crippen LogP contribution in [0, 0.1) is 5.92 Å². The monoisotopic (exact) mass is 439 g/mol. The third kappa shape index (κ3) is 4.88. The van der Waals surface area contributed by atoms with Gasteiger partial charge in [0.1, 0.15) is 12.6 Å². The standard InChI is InChI=1S/C23H25N3O6/c1-3-13(2)19(24-21(28)22(29)30)20(27)25-26-23(31)32-12-18-16-10-6-4-8-14(16)15-9-5-7-11-17(15)18/h4-11,13,18-19H,3,12H2,1-2H3,(H,24,28)(H,25,27)(H,26,31)(H,29,30). The SMILES string of the molecule is CCC(C)C(NC(=O)C(=O)O)C(=O)NNC(=O)OCC1c2ccccc2-c2ccccc21. The Kier molecular flexibility index (Phi) is 7.09. The Hall–Kier alpha value is -3.88. The molecule has 2 aromatic carbocycles. The summed E-state index contributed by atoms with van der Waals surface area (Å²) in [5.74, 6) is -4.24. The van der Waals surface area contributed by atoms with Crippen molar-refractivity contribution < 1.29 is 29.0 Å². The van der Waals surface area contributed by atoms with Gasteiger partial charge in [-0.05, 0) is 28.2 Å². The van der Waals surface area contributed by atoms with Crippen molar-refractivity contribution in [2.75, 3.05) is 6.61 Å². The van der Waals surface area contributed by atoms with Crippen molar-refractivity contribution in [1.82, 2.24) is 16.2 Å². The van der Waals surface area contributed by atoms with Gasteiger partial charge in [-0.3, -0.25) is 15.0 Å². The second kappa shape index (κ2) is 9.95. The topological polar surface area (TPSA) is 134 Å². The average molecular weight is 439 g/mol. The van der Waals surface area contributed by atoms with Crippen molar-refractivity contribution in [2.45, 2.75) is 32.2 Å². The van der Waals surface area contributed by atoms with E-state index in [0.717, 1.165) is 22.3 Å². The van der Waals surface area contributed by atoms with Crippen LogP contribution in [0.3, 0.4) is 0 Å². The summed E-state index contributed by atoms with van der Waals surface area (Å²) in [5.41, 5.74) is 8.64. The predicted molar refractivity (Wildman–Crippen MR) is 115 cm³/mol. The molecule has 168 valence electrons. The summed E-state index contributed by atoms with van der Waals surface area (Å²) >= 11 is 0. The van der Waals surface area contributed by atoms with Gasteiger partial charge in [0.15, 0.2) is 0 Å². The van der Waals surface area contributed by atoms with E-state index in [1.807, 2.05) is 48.5 Å². The van der Waals surface area contributed by atoms with Crippen molar-refractivity contribution in [3.05, 3.63) is 59.7 Å². The molecule has 0 aromatic heterocycles. The Morgan fingerprint density at radius 2 is 1.53 bits per heavy atom. The van der Waals surface area contributed by atoms with Gasteiger partial charge in [-0.1, -0.05) is 68.8 Å². The number of ether oxygens (including phenoxy) is 1. The molecule has 0 bridgehead atoms. The number of rotatable bonds is 6. The maximum Gasteiger partial charge on any atom is 0.426 e. The highest BCUT2D eigenvalue weighted by atomic mass is 16.6. The summed E-state index contributed by atoms with van der Waals surface area (Å²) in [6.45, 7) is 3.54. The molecule has 1 aliphatic rings. The van der Waals surface area contributed by atoms with E-state index >= 15 is 0 Å². The number of hydrazine groups is 1. The summed E-state index contributed by atoms with van der Waals surface area (Å²) < 4.78 is 5.33. The molecule has 0 saturated carbocycles. The number of fused-ring (bicyclic) bond motifs is 3. The van der Waals surface area contributed by atoms with E-state index in [1.54, 1.807) is 13.8 Å². The first kappa shape index (κ1) is 22.8. The van der Waals surface area contributed by atoms with E-state index in [9.17, 15) is 19.2 Å². The second-order valence-corrected chi connectivity index (χ2v) is 7.58. The summed E-state index contributed by atoms with van der Waals surface area (Å²) in [7, 11) is 0. The van der Waals surface area contributed by atoms with E-state index in [-0.39, 0.29) is 18.4 Å². The molecular weight excluding hydrogens is 414 g/mol. The Bertz CT molecular complexity index is 992. The number of carbonyl (C=O) groups excluding carboxylic acids is 3. The maximum atomic E-state index is 12.4. The van der Waals surface area contributed by atoms with Crippen LogP contribution in [0.5, 0.6) is 0 Å². The number of carboxylic acids is 1. The molecule has 2 unspecified atom stereocenters. The lowest BCUT2D eigenvalue weighted by Gasteiger charge is -2.22. The average Bonchev–Trinajstić information content (AvgIpc) is 3.12. The molecule has 32 heavy (non-hydrogen) atoms. The first-order chi connectivity index (χ1) is 15.3. The first-order valence-electron chi connectivity index (χ1n) is 10.3. The number of hydrogen-bond donors (Lipinski definition) is 4. The molecule has 4 N–H and O–H groups in total. The van der Waals surface area contributed by atoms with Gasteiger partial charge in [-0.25, -0.2) is 15.0 Å². The molecule has 9 heteroatoms. The Labute approximate surface area is 185 Å². The molecule has 0 saturated heterocycles. The van der Waals surface area contributed by atoms with Crippen LogP contribution in [0.1, 0.15) is 37.3 Å². The van der Waals surface area contributed by atoms with E-state index in [2.05, 4.69) is 16.2 Å². The minimum atomic E-state index is -1.70. The molecule has 3 rings (SSSR count). The summed E-state index contributed by atoms with van der Waals surface area (Å²) in [6.07, 6.45) is -0.365. The lowest BCUT2D eigenvalue weighted by molar-refractivity contribution is -0.151. The van der Waals surface area contributed by atoms with E-state index < -0.39 is 29.9 Å². The Morgan fingerprint density at radius 3 is 2.06 bits per heavy atom. The molecule has 0 aliphatic heterocycles. The number of hydrogen-bond acceptors (Lipinski definition) is 5. The number of carboxylic acid groups (broad SMARTS) is 1. The smallest absolute Gasteiger partial charge is 0.426 e. The number of amides is 3. The molecule has 1 aliphatic carbocycles. The number of aliphatic carboxylic acids is 1. The van der Waals surface area contributed by atoms with Crippen LogP contribution in [-0.4, -0.2) is 41.6 Å². The fraction of sp³-hybridized carbons (Fsp3) is 0.304. The maximum absolute atomic E-state index is 12.4. The van der Waals surface area contributed by atoms with Crippen molar-refractivity contribution in [3.63, 3.8) is 0 Å². The van der Waals surface area contributed by atoms with Crippen LogP contribution < -0.4 is 16.2 Å². The predicted octanol–water partition coefficient (Wildman–Crippen LogP) is 2.17. The van der Waals surface area contributed by atoms with Crippen LogP contribution in [0.25, 0.3) is 11.1 Å². The zero-order valence-corrected chi connectivity index (χ0v) is 17.8. The van der Waals surface area contributed by atoms with Crippen LogP contribution in [0.2, 0.25) is 0 Å². The highest BCUT2D eigenvalue weighted by Gasteiger charge is 2.30. The number of nitrogens with one attached hydrogen (secondary N) is 3. The number of benzene rings is 2. The highest BCUT2D eigenvalue weighted by Crippen LogP contribution is 2.44. The van der Waals surface area contributed by atoms with Crippen molar-refractivity contribution >= 4 is 23.9 Å². The van der Waals surface area contributed by atoms with Crippen molar-refractivity contribution in [2.24, 2.45) is 5.92 Å². The molecular formula is C23H25N3O6. The molecule has 2 aromatic rings. The molecule has 2 atom stereocenters. The van der Waals surface area contributed by atoms with Gasteiger partial charge >= 0.3 is 18.0 Å². The lowest BCUT2D eigenvalue weighted by Crippen LogP contribution is -2.55. The van der Waals surface area contributed by atoms with Gasteiger partial charge in [0.25, 0.3) is 5.91 Å². The van der Waals surface area contributed by atoms with Gasteiger partial charge < -0.3 is 15.2 Å². The molecule has 0 radical (unpaired) electrons. The summed E-state index contributed by atoms with van der Waals surface area (Å²) in [5, 5.41) is 10.9. The van der Waals surface area contributed by atoms with Gasteiger partial charge in [0.05, 0.1) is 0 Å². The minimum absolute atomic E-state index is 0.0697.